The van der Waals surface area contributed by atoms with Gasteiger partial charge in [0.15, 0.2) is 0 Å². The molecule has 0 aliphatic heterocycles. The fourth-order valence-corrected chi connectivity index (χ4v) is 1.36. The lowest BCUT2D eigenvalue weighted by Gasteiger charge is -2.04. The van der Waals surface area contributed by atoms with Crippen molar-refractivity contribution in [1.29, 1.82) is 0 Å². The molecule has 2 nitrogen and oxygen atoms in total. The topological polar surface area (TPSA) is 33.1 Å². The van der Waals surface area contributed by atoms with E-state index in [4.69, 9.17) is 0 Å². The van der Waals surface area contributed by atoms with Crippen LogP contribution < -0.4 is 0 Å². The first-order valence-corrected chi connectivity index (χ1v) is 7.92. The second-order valence-corrected chi connectivity index (χ2v) is 8.94. The molecular weight excluding hydrogens is 190 g/mol. The second kappa shape index (κ2) is 3.85. The first kappa shape index (κ1) is 10.8. The summed E-state index contributed by atoms with van der Waals surface area (Å²) in [6, 6.07) is 1.70. The summed E-state index contributed by atoms with van der Waals surface area (Å²) < 4.78 is 0. The standard InChI is InChI=1S/C11H14NOSi/c1-9-7-10(11(13)8-12-9)5-6-14(2,3)4/h7-8,13H,1H2,2-4H3. The molecule has 0 unspecified atom stereocenters. The van der Waals surface area contributed by atoms with E-state index < -0.39 is 8.07 Å². The van der Waals surface area contributed by atoms with Crippen molar-refractivity contribution in [2.24, 2.45) is 0 Å². The van der Waals surface area contributed by atoms with Crippen LogP contribution in [0, 0.1) is 18.4 Å². The van der Waals surface area contributed by atoms with Crippen LogP contribution in [0.1, 0.15) is 11.3 Å². The number of pyridine rings is 1. The molecule has 0 bridgehead atoms. The predicted molar refractivity (Wildman–Crippen MR) is 60.6 cm³/mol. The average Bonchev–Trinajstić information content (AvgIpc) is 2.05. The van der Waals surface area contributed by atoms with Gasteiger partial charge in [-0.05, 0) is 13.0 Å². The number of hydrogen-bond donors (Lipinski definition) is 1. The van der Waals surface area contributed by atoms with Gasteiger partial charge in [-0.25, -0.2) is 0 Å². The zero-order valence-corrected chi connectivity index (χ0v) is 9.76. The first-order valence-electron chi connectivity index (χ1n) is 4.42. The maximum absolute atomic E-state index is 9.45. The van der Waals surface area contributed by atoms with Crippen molar-refractivity contribution in [3.63, 3.8) is 0 Å². The van der Waals surface area contributed by atoms with Crippen molar-refractivity contribution < 1.29 is 5.11 Å². The average molecular weight is 204 g/mol. The lowest BCUT2D eigenvalue weighted by Crippen LogP contribution is -2.16. The molecule has 0 saturated heterocycles. The van der Waals surface area contributed by atoms with Crippen LogP contribution >= 0.6 is 0 Å². The van der Waals surface area contributed by atoms with Crippen molar-refractivity contribution in [3.05, 3.63) is 30.4 Å². The Morgan fingerprint density at radius 2 is 2.07 bits per heavy atom. The van der Waals surface area contributed by atoms with Crippen LogP contribution in [0.3, 0.4) is 0 Å². The molecule has 0 aliphatic rings. The maximum atomic E-state index is 9.45. The molecule has 1 heterocycles. The highest BCUT2D eigenvalue weighted by atomic mass is 28.3. The molecule has 3 heteroatoms. The minimum absolute atomic E-state index is 0.128. The predicted octanol–water partition coefficient (Wildman–Crippen LogP) is 2.20. The van der Waals surface area contributed by atoms with E-state index in [2.05, 4.69) is 43.0 Å². The summed E-state index contributed by atoms with van der Waals surface area (Å²) in [6.45, 7) is 10.2. The zero-order valence-electron chi connectivity index (χ0n) is 8.76. The highest BCUT2D eigenvalue weighted by molar-refractivity contribution is 6.83. The third kappa shape index (κ3) is 3.23. The van der Waals surface area contributed by atoms with E-state index in [1.807, 2.05) is 0 Å². The van der Waals surface area contributed by atoms with Gasteiger partial charge >= 0.3 is 0 Å². The molecule has 0 aromatic carbocycles. The number of hydrogen-bond acceptors (Lipinski definition) is 2. The van der Waals surface area contributed by atoms with Crippen LogP contribution in [0.5, 0.6) is 5.75 Å². The quantitative estimate of drug-likeness (QED) is 0.519. The first-order chi connectivity index (χ1) is 6.38. The van der Waals surface area contributed by atoms with Gasteiger partial charge in [0, 0.05) is 5.69 Å². The Balaban J connectivity index is 3.06. The molecule has 0 aliphatic carbocycles. The smallest absolute Gasteiger partial charge is 0.149 e. The molecule has 1 rings (SSSR count). The number of aromatic hydroxyl groups is 1. The van der Waals surface area contributed by atoms with E-state index in [0.29, 0.717) is 11.3 Å². The van der Waals surface area contributed by atoms with E-state index in [0.717, 1.165) is 0 Å². The van der Waals surface area contributed by atoms with Gasteiger partial charge in [0.05, 0.1) is 11.8 Å². The Morgan fingerprint density at radius 1 is 1.43 bits per heavy atom. The molecule has 0 saturated carbocycles. The third-order valence-corrected chi connectivity index (χ3v) is 2.39. The van der Waals surface area contributed by atoms with Crippen LogP contribution in [-0.2, 0) is 0 Å². The molecule has 0 spiro atoms. The van der Waals surface area contributed by atoms with Gasteiger partial charge in [0.1, 0.15) is 13.8 Å². The highest BCUT2D eigenvalue weighted by Gasteiger charge is 2.08. The van der Waals surface area contributed by atoms with Crippen LogP contribution in [-0.4, -0.2) is 18.2 Å². The Kier molecular flexibility index (Phi) is 2.97. The minimum atomic E-state index is -1.39. The molecular formula is C11H14NOSi. The number of rotatable bonds is 0. The fraction of sp³-hybridized carbons (Fsp3) is 0.273. The number of nitrogens with zero attached hydrogens (tertiary/aromatic N) is 1. The van der Waals surface area contributed by atoms with Gasteiger partial charge in [-0.2, -0.15) is 0 Å². The summed E-state index contributed by atoms with van der Waals surface area (Å²) in [4.78, 5) is 3.87. The van der Waals surface area contributed by atoms with Crippen LogP contribution in [0.15, 0.2) is 12.3 Å². The Bertz CT molecular complexity index is 396. The summed E-state index contributed by atoms with van der Waals surface area (Å²) in [7, 11) is -1.39. The van der Waals surface area contributed by atoms with Gasteiger partial charge in [0.25, 0.3) is 0 Å². The van der Waals surface area contributed by atoms with E-state index in [1.54, 1.807) is 6.07 Å². The lowest BCUT2D eigenvalue weighted by molar-refractivity contribution is 0.471. The summed E-state index contributed by atoms with van der Waals surface area (Å²) in [6.07, 6.45) is 1.39. The third-order valence-electron chi connectivity index (χ3n) is 1.51. The van der Waals surface area contributed by atoms with Gasteiger partial charge in [-0.15, -0.1) is 5.54 Å². The normalized spacial score (nSPS) is 10.6. The van der Waals surface area contributed by atoms with Gasteiger partial charge in [0.2, 0.25) is 0 Å². The van der Waals surface area contributed by atoms with E-state index in [-0.39, 0.29) is 5.75 Å². The largest absolute Gasteiger partial charge is 0.505 e. The maximum Gasteiger partial charge on any atom is 0.149 e. The lowest BCUT2D eigenvalue weighted by atomic mass is 10.2. The van der Waals surface area contributed by atoms with E-state index in [9.17, 15) is 5.11 Å². The minimum Gasteiger partial charge on any atom is -0.505 e. The van der Waals surface area contributed by atoms with Gasteiger partial charge in [-0.3, -0.25) is 4.98 Å². The molecule has 73 valence electrons. The molecule has 1 aromatic rings. The highest BCUT2D eigenvalue weighted by Crippen LogP contribution is 2.14. The number of aromatic nitrogens is 1. The molecule has 0 atom stereocenters. The molecule has 0 fully saturated rings. The summed E-state index contributed by atoms with van der Waals surface area (Å²) >= 11 is 0. The Labute approximate surface area is 86.0 Å². The Morgan fingerprint density at radius 3 is 2.64 bits per heavy atom. The monoisotopic (exact) mass is 204 g/mol. The SMILES string of the molecule is [CH2]c1cc(C#C[Si](C)(C)C)c(O)cn1. The molecule has 1 aromatic heterocycles. The van der Waals surface area contributed by atoms with Gasteiger partial charge in [-0.1, -0.05) is 25.6 Å². The van der Waals surface area contributed by atoms with Crippen molar-refractivity contribution >= 4 is 8.07 Å². The molecule has 1 radical (unpaired) electrons. The van der Waals surface area contributed by atoms with Crippen LogP contribution in [0.25, 0.3) is 0 Å². The summed E-state index contributed by atoms with van der Waals surface area (Å²) in [5.41, 5.74) is 4.43. The van der Waals surface area contributed by atoms with Crippen molar-refractivity contribution in [2.75, 3.05) is 0 Å². The summed E-state index contributed by atoms with van der Waals surface area (Å²) in [5.74, 6) is 3.10. The van der Waals surface area contributed by atoms with E-state index in [1.165, 1.54) is 6.20 Å². The van der Waals surface area contributed by atoms with Crippen LogP contribution in [0.4, 0.5) is 0 Å². The van der Waals surface area contributed by atoms with Crippen molar-refractivity contribution in [1.82, 2.24) is 4.98 Å². The van der Waals surface area contributed by atoms with E-state index >= 15 is 0 Å². The fourth-order valence-electron chi connectivity index (χ4n) is 0.846. The van der Waals surface area contributed by atoms with Gasteiger partial charge < -0.3 is 5.11 Å². The molecule has 0 amide bonds. The van der Waals surface area contributed by atoms with Crippen molar-refractivity contribution in [3.8, 4) is 17.2 Å². The zero-order chi connectivity index (χ0) is 10.8. The second-order valence-electron chi connectivity index (χ2n) is 4.19. The van der Waals surface area contributed by atoms with Crippen molar-refractivity contribution in [2.45, 2.75) is 19.6 Å². The molecule has 1 N–H and O–H groups in total. The van der Waals surface area contributed by atoms with Crippen LogP contribution in [0.2, 0.25) is 19.6 Å². The molecule has 14 heavy (non-hydrogen) atoms. The Hall–Kier alpha value is -1.27. The summed E-state index contributed by atoms with van der Waals surface area (Å²) in [5, 5.41) is 9.45.